The second kappa shape index (κ2) is 10.8. The fraction of sp³-hybridized carbons (Fsp3) is 0.0556. The summed E-state index contributed by atoms with van der Waals surface area (Å²) in [5, 5.41) is 18.7. The van der Waals surface area contributed by atoms with Gasteiger partial charge in [-0.05, 0) is 90.9 Å². The van der Waals surface area contributed by atoms with Crippen LogP contribution in [0.15, 0.2) is 84.9 Å². The van der Waals surface area contributed by atoms with E-state index in [1.54, 1.807) is 31.2 Å². The Hall–Kier alpha value is -6.38. The molecule has 0 atom stereocenters. The third kappa shape index (κ3) is 4.57. The lowest BCUT2D eigenvalue weighted by Crippen LogP contribution is -2.07. The van der Waals surface area contributed by atoms with Crippen molar-refractivity contribution in [3.05, 3.63) is 113 Å². The molecule has 4 aromatic heterocycles. The fourth-order valence-electron chi connectivity index (χ4n) is 5.60. The molecule has 0 radical (unpaired) electrons. The summed E-state index contributed by atoms with van der Waals surface area (Å²) in [7, 11) is 0. The average Bonchev–Trinajstić information content (AvgIpc) is 3.87. The molecule has 1 aliphatic rings. The van der Waals surface area contributed by atoms with Crippen molar-refractivity contribution in [2.75, 3.05) is 6.61 Å². The van der Waals surface area contributed by atoms with Crippen molar-refractivity contribution in [3.8, 4) is 34.4 Å². The van der Waals surface area contributed by atoms with Crippen molar-refractivity contribution in [1.29, 1.82) is 10.5 Å². The maximum atomic E-state index is 13.4. The van der Waals surface area contributed by atoms with Gasteiger partial charge in [0.25, 0.3) is 0 Å². The molecule has 6 aromatic rings. The molecule has 44 heavy (non-hydrogen) atoms. The highest BCUT2D eigenvalue weighted by Gasteiger charge is 2.20. The molecule has 2 aromatic carbocycles. The molecule has 0 fully saturated rings. The minimum atomic E-state index is -0.487. The maximum Gasteiger partial charge on any atom is 0.342 e. The Balaban J connectivity index is 1.63. The van der Waals surface area contributed by atoms with E-state index in [1.165, 1.54) is 0 Å². The lowest BCUT2D eigenvalue weighted by Gasteiger charge is -2.05. The van der Waals surface area contributed by atoms with E-state index in [0.29, 0.717) is 33.6 Å². The number of H-pyrrole nitrogens is 3. The van der Waals surface area contributed by atoms with Gasteiger partial charge in [-0.15, -0.1) is 0 Å². The summed E-state index contributed by atoms with van der Waals surface area (Å²) in [5.41, 5.74) is 10.8. The van der Waals surface area contributed by atoms with Crippen LogP contribution in [0.2, 0.25) is 0 Å². The van der Waals surface area contributed by atoms with Gasteiger partial charge in [-0.3, -0.25) is 0 Å². The fourth-order valence-corrected chi connectivity index (χ4v) is 5.60. The minimum Gasteiger partial charge on any atom is -0.462 e. The zero-order valence-electron chi connectivity index (χ0n) is 23.6. The average molecular weight is 573 g/mol. The van der Waals surface area contributed by atoms with Gasteiger partial charge in [0.15, 0.2) is 0 Å². The standard InChI is InChI=1S/C36H24N6O2/c1-2-44-36(43)35-31-17-15-29(41-31)33(23-7-3-21(19-37)4-8-23)27-13-11-25(39-27)26-12-14-28(40-26)34(30-16-18-32(35)42-30)24-9-5-22(20-38)6-10-24/h3-18,39-41H,2H2,1H3. The summed E-state index contributed by atoms with van der Waals surface area (Å²) in [5.74, 6) is -0.487. The first-order chi connectivity index (χ1) is 21.6. The Morgan fingerprint density at radius 3 is 1.64 bits per heavy atom. The van der Waals surface area contributed by atoms with Crippen LogP contribution in [0.1, 0.15) is 39.8 Å². The first-order valence-corrected chi connectivity index (χ1v) is 14.1. The molecular weight excluding hydrogens is 548 g/mol. The lowest BCUT2D eigenvalue weighted by molar-refractivity contribution is 0.0528. The summed E-state index contributed by atoms with van der Waals surface area (Å²) in [6.45, 7) is 1.99. The first kappa shape index (κ1) is 26.5. The van der Waals surface area contributed by atoms with Crippen molar-refractivity contribution < 1.29 is 9.53 Å². The van der Waals surface area contributed by atoms with Crippen molar-refractivity contribution in [2.45, 2.75) is 6.92 Å². The van der Waals surface area contributed by atoms with Crippen molar-refractivity contribution in [2.24, 2.45) is 0 Å². The number of hydrogen-bond acceptors (Lipinski definition) is 5. The van der Waals surface area contributed by atoms with Crippen LogP contribution in [-0.4, -0.2) is 32.5 Å². The SMILES string of the molecule is CCOC(=O)c1c2nc(c(-c3ccc(C#N)cc3)c3ccc([nH]3)c3ccc([nH]3)c(-c3ccc(C#N)cc3)c3ccc1[nH]3)C=C2. The zero-order chi connectivity index (χ0) is 30.2. The number of ether oxygens (including phenoxy) is 1. The number of aromatic nitrogens is 4. The number of rotatable bonds is 4. The van der Waals surface area contributed by atoms with Crippen molar-refractivity contribution in [1.82, 2.24) is 19.9 Å². The van der Waals surface area contributed by atoms with Crippen LogP contribution in [0, 0.1) is 22.7 Å². The highest BCUT2D eigenvalue weighted by Crippen LogP contribution is 2.34. The summed E-state index contributed by atoms with van der Waals surface area (Å²) in [4.78, 5) is 29.0. The van der Waals surface area contributed by atoms with Gasteiger partial charge in [0.1, 0.15) is 5.56 Å². The zero-order valence-corrected chi connectivity index (χ0v) is 23.6. The number of benzene rings is 2. The minimum absolute atomic E-state index is 0.213. The predicted octanol–water partition coefficient (Wildman–Crippen LogP) is 7.95. The molecule has 5 heterocycles. The van der Waals surface area contributed by atoms with Gasteiger partial charge in [-0.1, -0.05) is 24.3 Å². The molecule has 0 saturated heterocycles. The summed E-state index contributed by atoms with van der Waals surface area (Å²) >= 11 is 0. The van der Waals surface area contributed by atoms with E-state index < -0.39 is 5.97 Å². The lowest BCUT2D eigenvalue weighted by atomic mass is 10.0. The van der Waals surface area contributed by atoms with E-state index in [0.717, 1.165) is 49.8 Å². The Bertz CT molecular complexity index is 2320. The summed E-state index contributed by atoms with van der Waals surface area (Å²) < 4.78 is 5.50. The molecule has 0 unspecified atom stereocenters. The maximum absolute atomic E-state index is 13.4. The van der Waals surface area contributed by atoms with Gasteiger partial charge >= 0.3 is 5.97 Å². The number of fused-ring (bicyclic) bond motifs is 9. The van der Waals surface area contributed by atoms with Crippen LogP contribution in [0.25, 0.3) is 67.5 Å². The molecule has 0 amide bonds. The van der Waals surface area contributed by atoms with Crippen LogP contribution in [0.3, 0.4) is 0 Å². The molecule has 7 rings (SSSR count). The van der Waals surface area contributed by atoms with E-state index in [9.17, 15) is 15.3 Å². The molecule has 1 aliphatic heterocycles. The largest absolute Gasteiger partial charge is 0.462 e. The van der Waals surface area contributed by atoms with Gasteiger partial charge in [0, 0.05) is 27.7 Å². The van der Waals surface area contributed by atoms with E-state index in [4.69, 9.17) is 9.72 Å². The molecule has 210 valence electrons. The smallest absolute Gasteiger partial charge is 0.342 e. The Labute approximate surface area is 251 Å². The molecule has 0 aliphatic carbocycles. The van der Waals surface area contributed by atoms with E-state index >= 15 is 0 Å². The number of aromatic amines is 3. The van der Waals surface area contributed by atoms with Gasteiger partial charge in [-0.25, -0.2) is 9.78 Å². The predicted molar refractivity (Wildman–Crippen MR) is 171 cm³/mol. The Morgan fingerprint density at radius 1 is 0.636 bits per heavy atom. The van der Waals surface area contributed by atoms with Crippen molar-refractivity contribution in [3.63, 3.8) is 0 Å². The second-order valence-corrected chi connectivity index (χ2v) is 10.3. The van der Waals surface area contributed by atoms with Crippen LogP contribution in [0.5, 0.6) is 0 Å². The number of carbonyl (C=O) groups is 1. The summed E-state index contributed by atoms with van der Waals surface area (Å²) in [6.07, 6.45) is 3.71. The number of nitrogens with zero attached hydrogens (tertiary/aromatic N) is 3. The molecular formula is C36H24N6O2. The molecule has 8 nitrogen and oxygen atoms in total. The third-order valence-electron chi connectivity index (χ3n) is 7.66. The summed E-state index contributed by atoms with van der Waals surface area (Å²) in [6, 6.07) is 30.9. The number of carbonyl (C=O) groups excluding carboxylic acids is 1. The quantitative estimate of drug-likeness (QED) is 0.184. The second-order valence-electron chi connectivity index (χ2n) is 10.3. The Morgan fingerprint density at radius 2 is 1.09 bits per heavy atom. The number of nitriles is 2. The van der Waals surface area contributed by atoms with Crippen LogP contribution >= 0.6 is 0 Å². The highest BCUT2D eigenvalue weighted by molar-refractivity contribution is 6.04. The number of hydrogen-bond donors (Lipinski definition) is 3. The van der Waals surface area contributed by atoms with E-state index in [-0.39, 0.29) is 6.61 Å². The molecule has 8 bridgehead atoms. The molecule has 0 saturated carbocycles. The molecule has 8 heteroatoms. The van der Waals surface area contributed by atoms with Gasteiger partial charge in [0.2, 0.25) is 0 Å². The highest BCUT2D eigenvalue weighted by atomic mass is 16.5. The molecule has 0 spiro atoms. The Kier molecular flexibility index (Phi) is 6.50. The first-order valence-electron chi connectivity index (χ1n) is 14.1. The van der Waals surface area contributed by atoms with Gasteiger partial charge in [-0.2, -0.15) is 10.5 Å². The van der Waals surface area contributed by atoms with Crippen LogP contribution < -0.4 is 0 Å². The monoisotopic (exact) mass is 572 g/mol. The van der Waals surface area contributed by atoms with E-state index in [2.05, 4.69) is 27.1 Å². The van der Waals surface area contributed by atoms with Gasteiger partial charge < -0.3 is 19.7 Å². The van der Waals surface area contributed by atoms with E-state index in [1.807, 2.05) is 72.8 Å². The number of esters is 1. The topological polar surface area (TPSA) is 134 Å². The van der Waals surface area contributed by atoms with Crippen molar-refractivity contribution >= 4 is 51.2 Å². The van der Waals surface area contributed by atoms with Gasteiger partial charge in [0.05, 0.1) is 57.8 Å². The third-order valence-corrected chi connectivity index (χ3v) is 7.66. The van der Waals surface area contributed by atoms with Crippen LogP contribution in [0.4, 0.5) is 0 Å². The molecule has 3 N–H and O–H groups in total. The number of nitrogens with one attached hydrogen (secondary N) is 3. The normalized spacial score (nSPS) is 11.3. The van der Waals surface area contributed by atoms with Crippen LogP contribution in [-0.2, 0) is 4.74 Å².